The van der Waals surface area contributed by atoms with Crippen LogP contribution in [-0.4, -0.2) is 11.1 Å². The maximum atomic E-state index is 10.8. The highest BCUT2D eigenvalue weighted by Crippen LogP contribution is 2.51. The largest absolute Gasteiger partial charge is 0.478 e. The second-order valence-corrected chi connectivity index (χ2v) is 6.47. The van der Waals surface area contributed by atoms with Gasteiger partial charge in [0.25, 0.3) is 0 Å². The summed E-state index contributed by atoms with van der Waals surface area (Å²) in [6, 6.07) is 15.2. The van der Waals surface area contributed by atoms with Crippen molar-refractivity contribution in [3.63, 3.8) is 0 Å². The highest BCUT2D eigenvalue weighted by atomic mass is 32.2. The lowest BCUT2D eigenvalue weighted by Gasteiger charge is -1.98. The molecule has 0 atom stereocenters. The first-order valence-corrected chi connectivity index (χ1v) is 7.35. The molecule has 0 saturated heterocycles. The van der Waals surface area contributed by atoms with E-state index in [1.807, 2.05) is 24.3 Å². The van der Waals surface area contributed by atoms with Gasteiger partial charge in [-0.15, -0.1) is 0 Å². The van der Waals surface area contributed by atoms with Crippen molar-refractivity contribution >= 4 is 35.6 Å². The third-order valence-electron chi connectivity index (χ3n) is 2.71. The minimum absolute atomic E-state index is 0.317. The molecular weight excluding hydrogens is 276 g/mol. The summed E-state index contributed by atoms with van der Waals surface area (Å²) in [4.78, 5) is 13.3. The van der Waals surface area contributed by atoms with E-state index in [1.54, 1.807) is 35.7 Å². The van der Waals surface area contributed by atoms with Gasteiger partial charge in [0.1, 0.15) is 0 Å². The topological polar surface area (TPSA) is 37.3 Å². The molecule has 0 radical (unpaired) electrons. The molecule has 1 aliphatic rings. The van der Waals surface area contributed by atoms with E-state index in [1.165, 1.54) is 14.0 Å². The molecule has 0 spiro atoms. The summed E-state index contributed by atoms with van der Waals surface area (Å²) < 4.78 is 1.21. The fraction of sp³-hybridized carbons (Fsp3) is 0. The molecule has 0 bridgehead atoms. The van der Waals surface area contributed by atoms with Crippen LogP contribution in [-0.2, 0) is 0 Å². The molecule has 0 unspecified atom stereocenters. The number of hydrogen-bond acceptors (Lipinski definition) is 3. The van der Waals surface area contributed by atoms with E-state index in [0.29, 0.717) is 5.56 Å². The van der Waals surface area contributed by atoms with Crippen LogP contribution >= 0.6 is 23.5 Å². The fourth-order valence-electron chi connectivity index (χ4n) is 1.77. The molecule has 0 aliphatic carbocycles. The Morgan fingerprint density at radius 3 is 2.05 bits per heavy atom. The van der Waals surface area contributed by atoms with Crippen LogP contribution in [0.4, 0.5) is 0 Å². The average Bonchev–Trinajstić information content (AvgIpc) is 2.81. The number of fused-ring (bicyclic) bond motifs is 1. The van der Waals surface area contributed by atoms with Crippen molar-refractivity contribution in [1.82, 2.24) is 0 Å². The zero-order chi connectivity index (χ0) is 13.2. The van der Waals surface area contributed by atoms with Gasteiger partial charge in [-0.05, 0) is 35.9 Å². The van der Waals surface area contributed by atoms with Gasteiger partial charge in [-0.1, -0.05) is 47.8 Å². The number of carboxylic acid groups (broad SMARTS) is 1. The monoisotopic (exact) mass is 286 g/mol. The third-order valence-corrected chi connectivity index (χ3v) is 5.13. The molecule has 1 aliphatic heterocycles. The van der Waals surface area contributed by atoms with Gasteiger partial charge in [0.15, 0.2) is 0 Å². The second-order valence-electron chi connectivity index (χ2n) is 4.04. The maximum Gasteiger partial charge on any atom is 0.335 e. The molecule has 1 heterocycles. The van der Waals surface area contributed by atoms with E-state index in [4.69, 9.17) is 5.11 Å². The van der Waals surface area contributed by atoms with Gasteiger partial charge >= 0.3 is 5.97 Å². The average molecular weight is 286 g/mol. The molecule has 0 fully saturated rings. The van der Waals surface area contributed by atoms with Gasteiger partial charge in [0.05, 0.1) is 9.80 Å². The Morgan fingerprint density at radius 1 is 0.947 bits per heavy atom. The van der Waals surface area contributed by atoms with Gasteiger partial charge in [-0.3, -0.25) is 0 Å². The minimum atomic E-state index is -0.892. The fourth-order valence-corrected chi connectivity index (χ4v) is 4.18. The molecule has 94 valence electrons. The summed E-state index contributed by atoms with van der Waals surface area (Å²) in [5, 5.41) is 8.85. The first-order valence-electron chi connectivity index (χ1n) is 5.72. The van der Waals surface area contributed by atoms with Crippen molar-refractivity contribution in [2.75, 3.05) is 0 Å². The second kappa shape index (κ2) is 5.15. The van der Waals surface area contributed by atoms with Crippen LogP contribution in [0.3, 0.4) is 0 Å². The smallest absolute Gasteiger partial charge is 0.335 e. The summed E-state index contributed by atoms with van der Waals surface area (Å²) in [7, 11) is 0. The van der Waals surface area contributed by atoms with Crippen molar-refractivity contribution in [1.29, 1.82) is 0 Å². The van der Waals surface area contributed by atoms with Crippen LogP contribution in [0.15, 0.2) is 62.6 Å². The van der Waals surface area contributed by atoms with Crippen molar-refractivity contribution in [3.8, 4) is 0 Å². The summed E-state index contributed by atoms with van der Waals surface area (Å²) in [5.41, 5.74) is 1.34. The molecule has 2 aromatic rings. The standard InChI is InChI=1S/C15H10O2S2/c16-15(17)11-7-5-10(6-8-11)9-14-18-12-3-1-2-4-13(12)19-14/h1-9H,(H,16,17). The van der Waals surface area contributed by atoms with Crippen LogP contribution in [0.25, 0.3) is 6.08 Å². The number of rotatable bonds is 2. The Labute approximate surface area is 119 Å². The molecule has 19 heavy (non-hydrogen) atoms. The first-order chi connectivity index (χ1) is 9.22. The Bertz CT molecular complexity index is 633. The summed E-state index contributed by atoms with van der Waals surface area (Å²) in [5.74, 6) is -0.892. The van der Waals surface area contributed by atoms with Crippen LogP contribution < -0.4 is 0 Å². The highest BCUT2D eigenvalue weighted by molar-refractivity contribution is 8.24. The Morgan fingerprint density at radius 2 is 1.53 bits per heavy atom. The van der Waals surface area contributed by atoms with Crippen LogP contribution in [0, 0.1) is 0 Å². The normalized spacial score (nSPS) is 13.2. The Hall–Kier alpha value is -1.65. The van der Waals surface area contributed by atoms with Crippen LogP contribution in [0.5, 0.6) is 0 Å². The number of thioether (sulfide) groups is 2. The van der Waals surface area contributed by atoms with E-state index >= 15 is 0 Å². The van der Waals surface area contributed by atoms with Crippen molar-refractivity contribution in [2.45, 2.75) is 9.79 Å². The van der Waals surface area contributed by atoms with Crippen LogP contribution in [0.2, 0.25) is 0 Å². The van der Waals surface area contributed by atoms with E-state index < -0.39 is 5.97 Å². The Balaban J connectivity index is 1.82. The number of aromatic carboxylic acids is 1. The van der Waals surface area contributed by atoms with Gasteiger partial charge < -0.3 is 5.11 Å². The quantitative estimate of drug-likeness (QED) is 0.876. The molecule has 0 amide bonds. The molecule has 1 N–H and O–H groups in total. The van der Waals surface area contributed by atoms with Gasteiger partial charge in [0, 0.05) is 9.79 Å². The lowest BCUT2D eigenvalue weighted by atomic mass is 10.1. The van der Waals surface area contributed by atoms with E-state index in [2.05, 4.69) is 18.2 Å². The number of benzene rings is 2. The predicted octanol–water partition coefficient (Wildman–Crippen LogP) is 4.58. The van der Waals surface area contributed by atoms with Crippen molar-refractivity contribution in [2.24, 2.45) is 0 Å². The summed E-state index contributed by atoms with van der Waals surface area (Å²) >= 11 is 3.50. The minimum Gasteiger partial charge on any atom is -0.478 e. The molecule has 2 aromatic carbocycles. The number of hydrogen-bond donors (Lipinski definition) is 1. The van der Waals surface area contributed by atoms with E-state index in [9.17, 15) is 4.79 Å². The highest BCUT2D eigenvalue weighted by Gasteiger charge is 2.16. The van der Waals surface area contributed by atoms with Gasteiger partial charge in [0.2, 0.25) is 0 Å². The van der Waals surface area contributed by atoms with Crippen molar-refractivity contribution < 1.29 is 9.90 Å². The number of carbonyl (C=O) groups is 1. The third kappa shape index (κ3) is 2.69. The zero-order valence-electron chi connectivity index (χ0n) is 9.87. The Kier molecular flexibility index (Phi) is 3.36. The molecule has 3 rings (SSSR count). The molecule has 0 saturated carbocycles. The number of carboxylic acids is 1. The van der Waals surface area contributed by atoms with E-state index in [0.717, 1.165) is 5.56 Å². The van der Waals surface area contributed by atoms with Crippen molar-refractivity contribution in [3.05, 3.63) is 63.9 Å². The SMILES string of the molecule is O=C(O)c1ccc(C=C2Sc3ccccc3S2)cc1. The lowest BCUT2D eigenvalue weighted by Crippen LogP contribution is -1.94. The predicted molar refractivity (Wildman–Crippen MR) is 79.5 cm³/mol. The van der Waals surface area contributed by atoms with Crippen LogP contribution in [0.1, 0.15) is 15.9 Å². The van der Waals surface area contributed by atoms with E-state index in [-0.39, 0.29) is 0 Å². The summed E-state index contributed by atoms with van der Waals surface area (Å²) in [6.07, 6.45) is 2.08. The first kappa shape index (κ1) is 12.4. The summed E-state index contributed by atoms with van der Waals surface area (Å²) in [6.45, 7) is 0. The van der Waals surface area contributed by atoms with Gasteiger partial charge in [-0.2, -0.15) is 0 Å². The molecule has 0 aromatic heterocycles. The molecular formula is C15H10O2S2. The zero-order valence-corrected chi connectivity index (χ0v) is 11.5. The lowest BCUT2D eigenvalue weighted by molar-refractivity contribution is 0.0697. The molecule has 4 heteroatoms. The maximum absolute atomic E-state index is 10.8. The molecule has 2 nitrogen and oxygen atoms in total. The van der Waals surface area contributed by atoms with Gasteiger partial charge in [-0.25, -0.2) is 4.79 Å².